The van der Waals surface area contributed by atoms with Gasteiger partial charge in [0.15, 0.2) is 0 Å². The minimum Gasteiger partial charge on any atom is -0.456 e. The number of rotatable bonds is 4. The summed E-state index contributed by atoms with van der Waals surface area (Å²) in [6, 6.07) is 9.16. The molecule has 0 saturated carbocycles. The van der Waals surface area contributed by atoms with Crippen LogP contribution in [0, 0.1) is 20.2 Å². The molecular formula is C12H8N2O5. The minimum atomic E-state index is -0.618. The molecule has 0 saturated heterocycles. The van der Waals surface area contributed by atoms with Crippen molar-refractivity contribution in [3.8, 4) is 11.3 Å². The maximum Gasteiger partial charge on any atom is 0.280 e. The van der Waals surface area contributed by atoms with Crippen LogP contribution in [0.4, 0.5) is 5.69 Å². The van der Waals surface area contributed by atoms with Gasteiger partial charge in [0.25, 0.3) is 5.69 Å². The Labute approximate surface area is 107 Å². The van der Waals surface area contributed by atoms with Crippen molar-refractivity contribution < 1.29 is 14.3 Å². The predicted octanol–water partition coefficient (Wildman–Crippen LogP) is 3.10. The van der Waals surface area contributed by atoms with Gasteiger partial charge in [-0.2, -0.15) is 0 Å². The average Bonchev–Trinajstić information content (AvgIpc) is 2.85. The third-order valence-electron chi connectivity index (χ3n) is 2.35. The fraction of sp³-hybridized carbons (Fsp3) is 0. The Morgan fingerprint density at radius 2 is 1.79 bits per heavy atom. The fourth-order valence-corrected chi connectivity index (χ4v) is 1.56. The van der Waals surface area contributed by atoms with Crippen molar-refractivity contribution in [3.63, 3.8) is 0 Å². The molecule has 1 heterocycles. The molecule has 0 atom stereocenters. The Morgan fingerprint density at radius 1 is 1.05 bits per heavy atom. The molecule has 1 aromatic heterocycles. The first-order valence-corrected chi connectivity index (χ1v) is 5.23. The highest BCUT2D eigenvalue weighted by atomic mass is 16.6. The van der Waals surface area contributed by atoms with Gasteiger partial charge in [0.05, 0.1) is 21.5 Å². The molecule has 0 unspecified atom stereocenters. The van der Waals surface area contributed by atoms with Crippen molar-refractivity contribution in [1.29, 1.82) is 0 Å². The van der Waals surface area contributed by atoms with Gasteiger partial charge < -0.3 is 4.42 Å². The van der Waals surface area contributed by atoms with Crippen molar-refractivity contribution in [2.45, 2.75) is 0 Å². The summed E-state index contributed by atoms with van der Waals surface area (Å²) < 4.78 is 5.32. The van der Waals surface area contributed by atoms with E-state index < -0.39 is 9.85 Å². The number of nitrogens with zero attached hydrogens (tertiary/aromatic N) is 2. The average molecular weight is 260 g/mol. The lowest BCUT2D eigenvalue weighted by Gasteiger charge is -1.98. The Morgan fingerprint density at radius 3 is 2.47 bits per heavy atom. The van der Waals surface area contributed by atoms with Crippen molar-refractivity contribution in [3.05, 3.63) is 68.6 Å². The highest BCUT2D eigenvalue weighted by molar-refractivity contribution is 5.70. The Kier molecular flexibility index (Phi) is 3.37. The Bertz CT molecular complexity index is 660. The van der Waals surface area contributed by atoms with E-state index >= 15 is 0 Å². The fourth-order valence-electron chi connectivity index (χ4n) is 1.56. The molecule has 0 amide bonds. The van der Waals surface area contributed by atoms with Crippen LogP contribution in [0.1, 0.15) is 5.76 Å². The van der Waals surface area contributed by atoms with E-state index in [1.807, 2.05) is 0 Å². The molecule has 2 rings (SSSR count). The predicted molar refractivity (Wildman–Crippen MR) is 66.8 cm³/mol. The summed E-state index contributed by atoms with van der Waals surface area (Å²) >= 11 is 0. The molecule has 0 bridgehead atoms. The van der Waals surface area contributed by atoms with Gasteiger partial charge in [0.1, 0.15) is 11.5 Å². The van der Waals surface area contributed by atoms with Gasteiger partial charge in [-0.1, -0.05) is 12.1 Å². The van der Waals surface area contributed by atoms with Crippen LogP contribution < -0.4 is 0 Å². The van der Waals surface area contributed by atoms with Gasteiger partial charge in [0.2, 0.25) is 6.20 Å². The third kappa shape index (κ3) is 2.83. The molecule has 0 aliphatic rings. The van der Waals surface area contributed by atoms with Gasteiger partial charge in [-0.25, -0.2) is 0 Å². The SMILES string of the molecule is O=[N+]([O-])/C=C\c1ccc(-c2ccccc2[N+](=O)[O-])o1. The van der Waals surface area contributed by atoms with E-state index in [9.17, 15) is 20.2 Å². The van der Waals surface area contributed by atoms with Gasteiger partial charge in [-0.05, 0) is 18.2 Å². The minimum absolute atomic E-state index is 0.0818. The molecule has 0 N–H and O–H groups in total. The first kappa shape index (κ1) is 12.5. The number of nitro groups is 2. The van der Waals surface area contributed by atoms with E-state index in [0.717, 1.165) is 6.20 Å². The summed E-state index contributed by atoms with van der Waals surface area (Å²) in [5, 5.41) is 21.1. The van der Waals surface area contributed by atoms with Gasteiger partial charge in [-0.3, -0.25) is 20.2 Å². The number of furan rings is 1. The number of benzene rings is 1. The molecular weight excluding hydrogens is 252 g/mol. The third-order valence-corrected chi connectivity index (χ3v) is 2.35. The first-order valence-electron chi connectivity index (χ1n) is 5.23. The molecule has 19 heavy (non-hydrogen) atoms. The quantitative estimate of drug-likeness (QED) is 0.621. The smallest absolute Gasteiger partial charge is 0.280 e. The van der Waals surface area contributed by atoms with Crippen LogP contribution in [0.5, 0.6) is 0 Å². The van der Waals surface area contributed by atoms with E-state index in [-0.39, 0.29) is 17.2 Å². The summed E-state index contributed by atoms with van der Waals surface area (Å²) in [5.74, 6) is 0.542. The van der Waals surface area contributed by atoms with Crippen molar-refractivity contribution in [1.82, 2.24) is 0 Å². The molecule has 0 aliphatic carbocycles. The van der Waals surface area contributed by atoms with Crippen LogP contribution in [-0.2, 0) is 0 Å². The topological polar surface area (TPSA) is 99.4 Å². The maximum atomic E-state index is 10.9. The molecule has 0 aliphatic heterocycles. The van der Waals surface area contributed by atoms with E-state index in [4.69, 9.17) is 4.42 Å². The van der Waals surface area contributed by atoms with Crippen LogP contribution in [0.15, 0.2) is 47.0 Å². The maximum absolute atomic E-state index is 10.9. The summed E-state index contributed by atoms with van der Waals surface area (Å²) in [4.78, 5) is 19.9. The number of nitro benzene ring substituents is 1. The highest BCUT2D eigenvalue weighted by Crippen LogP contribution is 2.30. The van der Waals surface area contributed by atoms with Gasteiger partial charge >= 0.3 is 0 Å². The van der Waals surface area contributed by atoms with Crippen molar-refractivity contribution >= 4 is 11.8 Å². The van der Waals surface area contributed by atoms with Crippen molar-refractivity contribution in [2.24, 2.45) is 0 Å². The van der Waals surface area contributed by atoms with Crippen LogP contribution in [0.2, 0.25) is 0 Å². The zero-order chi connectivity index (χ0) is 13.8. The molecule has 2 aromatic rings. The molecule has 0 fully saturated rings. The number of para-hydroxylation sites is 1. The summed E-state index contributed by atoms with van der Waals surface area (Å²) in [6.07, 6.45) is 1.92. The monoisotopic (exact) mass is 260 g/mol. The van der Waals surface area contributed by atoms with Crippen molar-refractivity contribution in [2.75, 3.05) is 0 Å². The molecule has 96 valence electrons. The Balaban J connectivity index is 2.38. The summed E-state index contributed by atoms with van der Waals surface area (Å²) in [6.45, 7) is 0. The standard InChI is InChI=1S/C12H8N2O5/c15-13(16)8-7-9-5-6-12(19-9)10-3-1-2-4-11(10)14(17)18/h1-8H/b8-7-. The first-order chi connectivity index (χ1) is 9.08. The second kappa shape index (κ2) is 5.13. The van der Waals surface area contributed by atoms with Gasteiger partial charge in [0, 0.05) is 6.07 Å². The van der Waals surface area contributed by atoms with E-state index in [2.05, 4.69) is 0 Å². The zero-order valence-electron chi connectivity index (χ0n) is 9.55. The lowest BCUT2D eigenvalue weighted by molar-refractivity contribution is -0.401. The normalized spacial score (nSPS) is 10.7. The zero-order valence-corrected chi connectivity index (χ0v) is 9.55. The van der Waals surface area contributed by atoms with Crippen LogP contribution in [-0.4, -0.2) is 9.85 Å². The Hall–Kier alpha value is -2.96. The number of hydrogen-bond donors (Lipinski definition) is 0. The van der Waals surface area contributed by atoms with Crippen LogP contribution in [0.25, 0.3) is 17.4 Å². The molecule has 7 heteroatoms. The largest absolute Gasteiger partial charge is 0.456 e. The van der Waals surface area contributed by atoms with Crippen LogP contribution >= 0.6 is 0 Å². The van der Waals surface area contributed by atoms with E-state index in [0.29, 0.717) is 5.56 Å². The highest BCUT2D eigenvalue weighted by Gasteiger charge is 2.16. The molecule has 1 aromatic carbocycles. The summed E-state index contributed by atoms with van der Waals surface area (Å²) in [7, 11) is 0. The lowest BCUT2D eigenvalue weighted by atomic mass is 10.1. The van der Waals surface area contributed by atoms with Gasteiger partial charge in [-0.15, -0.1) is 0 Å². The second-order valence-electron chi connectivity index (χ2n) is 3.58. The molecule has 0 radical (unpaired) electrons. The molecule has 0 spiro atoms. The number of hydrogen-bond acceptors (Lipinski definition) is 5. The lowest BCUT2D eigenvalue weighted by Crippen LogP contribution is -1.90. The van der Waals surface area contributed by atoms with E-state index in [1.165, 1.54) is 24.3 Å². The molecule has 7 nitrogen and oxygen atoms in total. The van der Waals surface area contributed by atoms with E-state index in [1.54, 1.807) is 18.2 Å². The van der Waals surface area contributed by atoms with Crippen LogP contribution in [0.3, 0.4) is 0 Å². The second-order valence-corrected chi connectivity index (χ2v) is 3.58. The summed E-state index contributed by atoms with van der Waals surface area (Å²) in [5.41, 5.74) is 0.245.